The first-order chi connectivity index (χ1) is 19.1. The largest absolute Gasteiger partial charge is 0.444 e. The van der Waals surface area contributed by atoms with E-state index in [2.05, 4.69) is 17.4 Å². The Hall–Kier alpha value is -4.26. The molecule has 6 heteroatoms. The normalized spacial score (nSPS) is 16.7. The Bertz CT molecular complexity index is 1360. The molecule has 0 aromatic heterocycles. The number of nitrogens with one attached hydrogen (secondary N) is 1. The number of ether oxygens (including phenoxy) is 1. The Morgan fingerprint density at radius 3 is 1.97 bits per heavy atom. The lowest BCUT2D eigenvalue weighted by molar-refractivity contribution is -0.119. The molecule has 4 aromatic carbocycles. The number of imide groups is 1. The van der Waals surface area contributed by atoms with Crippen LogP contribution in [0, 0.1) is 0 Å². The van der Waals surface area contributed by atoms with Crippen LogP contribution in [0.3, 0.4) is 0 Å². The molecule has 0 radical (unpaired) electrons. The predicted octanol–water partition coefficient (Wildman–Crippen LogP) is 5.57. The van der Waals surface area contributed by atoms with Gasteiger partial charge in [-0.2, -0.15) is 0 Å². The minimum atomic E-state index is -0.897. The van der Waals surface area contributed by atoms with Gasteiger partial charge in [-0.15, -0.1) is 0 Å². The van der Waals surface area contributed by atoms with Gasteiger partial charge in [0.05, 0.1) is 11.7 Å². The smallest absolute Gasteiger partial charge is 0.421 e. The summed E-state index contributed by atoms with van der Waals surface area (Å²) in [4.78, 5) is 27.8. The zero-order valence-corrected chi connectivity index (χ0v) is 21.8. The van der Waals surface area contributed by atoms with Crippen LogP contribution in [-0.2, 0) is 29.1 Å². The number of nitrogens with zero attached hydrogens (tertiary/aromatic N) is 1. The molecule has 3 N–H and O–H groups in total. The lowest BCUT2D eigenvalue weighted by Crippen LogP contribution is -2.48. The van der Waals surface area contributed by atoms with Gasteiger partial charge in [-0.05, 0) is 47.2 Å². The van der Waals surface area contributed by atoms with Crippen LogP contribution in [0.2, 0.25) is 0 Å². The van der Waals surface area contributed by atoms with Crippen molar-refractivity contribution in [2.45, 2.75) is 44.0 Å². The van der Waals surface area contributed by atoms with E-state index in [0.29, 0.717) is 24.1 Å². The van der Waals surface area contributed by atoms with Gasteiger partial charge in [0.1, 0.15) is 6.61 Å². The third-order valence-electron chi connectivity index (χ3n) is 7.00. The quantitative estimate of drug-likeness (QED) is 0.286. The van der Waals surface area contributed by atoms with Gasteiger partial charge in [0.2, 0.25) is 0 Å². The summed E-state index contributed by atoms with van der Waals surface area (Å²) in [5, 5.41) is 3.61. The van der Waals surface area contributed by atoms with Crippen LogP contribution in [0.4, 0.5) is 10.5 Å². The zero-order chi connectivity index (χ0) is 27.0. The van der Waals surface area contributed by atoms with Crippen molar-refractivity contribution in [2.24, 2.45) is 5.73 Å². The van der Waals surface area contributed by atoms with E-state index in [0.717, 1.165) is 29.0 Å². The predicted molar refractivity (Wildman–Crippen MR) is 153 cm³/mol. The van der Waals surface area contributed by atoms with Gasteiger partial charge in [0, 0.05) is 18.5 Å². The molecule has 5 rings (SSSR count). The van der Waals surface area contributed by atoms with E-state index in [1.807, 2.05) is 91.0 Å². The summed E-state index contributed by atoms with van der Waals surface area (Å²) in [6.07, 6.45) is 0.626. The summed E-state index contributed by atoms with van der Waals surface area (Å²) >= 11 is 0. The van der Waals surface area contributed by atoms with Crippen molar-refractivity contribution in [3.05, 3.63) is 138 Å². The van der Waals surface area contributed by atoms with Crippen molar-refractivity contribution < 1.29 is 14.3 Å². The second-order valence-corrected chi connectivity index (χ2v) is 9.92. The van der Waals surface area contributed by atoms with Gasteiger partial charge in [-0.1, -0.05) is 103 Å². The number of carbonyl (C=O) groups is 2. The van der Waals surface area contributed by atoms with E-state index in [9.17, 15) is 9.59 Å². The lowest BCUT2D eigenvalue weighted by atomic mass is 10.0. The average molecular weight is 520 g/mol. The minimum Gasteiger partial charge on any atom is -0.444 e. The number of nitrogens with two attached hydrogens (primary N) is 1. The molecule has 1 saturated carbocycles. The Morgan fingerprint density at radius 2 is 1.36 bits per heavy atom. The third kappa shape index (κ3) is 6.99. The first-order valence-corrected chi connectivity index (χ1v) is 13.3. The Morgan fingerprint density at radius 1 is 0.795 bits per heavy atom. The molecular weight excluding hydrogens is 486 g/mol. The van der Waals surface area contributed by atoms with Crippen LogP contribution in [0.15, 0.2) is 115 Å². The summed E-state index contributed by atoms with van der Waals surface area (Å²) in [5.74, 6) is -0.101. The number of carbonyl (C=O) groups excluding carboxylic acids is 2. The summed E-state index contributed by atoms with van der Waals surface area (Å²) in [6, 6.07) is 36.3. The lowest BCUT2D eigenvalue weighted by Gasteiger charge is -2.24. The maximum absolute atomic E-state index is 13.5. The Labute approximate surface area is 229 Å². The molecule has 3 atom stereocenters. The van der Waals surface area contributed by atoms with Crippen molar-refractivity contribution >= 4 is 17.7 Å². The fourth-order valence-corrected chi connectivity index (χ4v) is 4.73. The van der Waals surface area contributed by atoms with E-state index in [1.165, 1.54) is 11.1 Å². The van der Waals surface area contributed by atoms with Crippen molar-refractivity contribution in [1.29, 1.82) is 0 Å². The molecule has 6 nitrogen and oxygen atoms in total. The number of benzene rings is 4. The third-order valence-corrected chi connectivity index (χ3v) is 7.00. The van der Waals surface area contributed by atoms with E-state index in [4.69, 9.17) is 10.5 Å². The summed E-state index contributed by atoms with van der Waals surface area (Å²) in [6.45, 7) is 0.890. The molecule has 0 saturated heterocycles. The van der Waals surface area contributed by atoms with Crippen molar-refractivity contribution in [1.82, 2.24) is 5.32 Å². The Balaban J connectivity index is 1.27. The van der Waals surface area contributed by atoms with Crippen LogP contribution >= 0.6 is 0 Å². The SMILES string of the molecule is N[C@H](Cc1ccccc1)C(=O)N(C(=O)OCc1ccccc1)c1ccc(C2CC2NCc2ccccc2)cc1. The maximum Gasteiger partial charge on any atom is 0.421 e. The molecule has 0 bridgehead atoms. The van der Waals surface area contributed by atoms with Crippen LogP contribution in [0.25, 0.3) is 0 Å². The summed E-state index contributed by atoms with van der Waals surface area (Å²) < 4.78 is 5.55. The molecule has 4 aromatic rings. The van der Waals surface area contributed by atoms with Crippen molar-refractivity contribution in [3.63, 3.8) is 0 Å². The molecule has 198 valence electrons. The van der Waals surface area contributed by atoms with Crippen LogP contribution in [0.1, 0.15) is 34.6 Å². The molecule has 0 heterocycles. The molecule has 1 aliphatic carbocycles. The fraction of sp³-hybridized carbons (Fsp3) is 0.212. The zero-order valence-electron chi connectivity index (χ0n) is 21.8. The molecule has 1 fully saturated rings. The van der Waals surface area contributed by atoms with Gasteiger partial charge in [0.15, 0.2) is 0 Å². The molecular formula is C33H33N3O3. The highest BCUT2D eigenvalue weighted by Gasteiger charge is 2.38. The first-order valence-electron chi connectivity index (χ1n) is 13.3. The first kappa shape index (κ1) is 26.4. The van der Waals surface area contributed by atoms with E-state index >= 15 is 0 Å². The maximum atomic E-state index is 13.5. The molecule has 1 aliphatic rings. The second-order valence-electron chi connectivity index (χ2n) is 9.92. The number of hydrogen-bond donors (Lipinski definition) is 2. The van der Waals surface area contributed by atoms with Gasteiger partial charge >= 0.3 is 6.09 Å². The standard InChI is InChI=1S/C33H33N3O3/c34-30(20-24-10-4-1-5-11-24)32(37)36(33(38)39-23-26-14-8-3-9-15-26)28-18-16-27(17-19-28)29-21-31(29)35-22-25-12-6-2-7-13-25/h1-19,29-31,35H,20-23,34H2/t29?,30-,31?/m1/s1. The van der Waals surface area contributed by atoms with E-state index < -0.39 is 18.0 Å². The second kappa shape index (κ2) is 12.5. The van der Waals surface area contributed by atoms with Crippen LogP contribution in [0.5, 0.6) is 0 Å². The van der Waals surface area contributed by atoms with Crippen LogP contribution in [-0.4, -0.2) is 24.1 Å². The van der Waals surface area contributed by atoms with Crippen LogP contribution < -0.4 is 16.0 Å². The van der Waals surface area contributed by atoms with Gasteiger partial charge in [-0.25, -0.2) is 9.69 Å². The monoisotopic (exact) mass is 519 g/mol. The highest BCUT2D eigenvalue weighted by atomic mass is 16.6. The van der Waals surface area contributed by atoms with Crippen molar-refractivity contribution in [2.75, 3.05) is 4.90 Å². The molecule has 2 unspecified atom stereocenters. The number of amides is 2. The molecule has 39 heavy (non-hydrogen) atoms. The Kier molecular flexibility index (Phi) is 8.46. The topological polar surface area (TPSA) is 84.7 Å². The van der Waals surface area contributed by atoms with Gasteiger partial charge in [0.25, 0.3) is 5.91 Å². The number of rotatable bonds is 10. The molecule has 2 amide bonds. The van der Waals surface area contributed by atoms with Gasteiger partial charge in [-0.3, -0.25) is 4.79 Å². The highest BCUT2D eigenvalue weighted by Crippen LogP contribution is 2.41. The molecule has 0 aliphatic heterocycles. The summed E-state index contributed by atoms with van der Waals surface area (Å²) in [5.41, 5.74) is 10.9. The van der Waals surface area contributed by atoms with Gasteiger partial charge < -0.3 is 15.8 Å². The van der Waals surface area contributed by atoms with E-state index in [-0.39, 0.29) is 6.61 Å². The van der Waals surface area contributed by atoms with E-state index in [1.54, 1.807) is 12.1 Å². The average Bonchev–Trinajstić information content (AvgIpc) is 3.77. The fourth-order valence-electron chi connectivity index (χ4n) is 4.73. The summed E-state index contributed by atoms with van der Waals surface area (Å²) in [7, 11) is 0. The van der Waals surface area contributed by atoms with Crippen molar-refractivity contribution in [3.8, 4) is 0 Å². The highest BCUT2D eigenvalue weighted by molar-refractivity contribution is 6.14. The number of anilines is 1. The number of hydrogen-bond acceptors (Lipinski definition) is 5. The minimum absolute atomic E-state index is 0.0618. The molecule has 0 spiro atoms.